The average molecular weight is 333 g/mol. The Balaban J connectivity index is 2.35. The smallest absolute Gasteiger partial charge is 0.135 e. The summed E-state index contributed by atoms with van der Waals surface area (Å²) in [5.41, 5.74) is 0.749. The van der Waals surface area contributed by atoms with Crippen LogP contribution in [-0.4, -0.2) is 6.54 Å². The molecular weight excluding hydrogens is 317 g/mol. The van der Waals surface area contributed by atoms with E-state index in [2.05, 4.69) is 19.2 Å². The van der Waals surface area contributed by atoms with Crippen molar-refractivity contribution >= 4 is 34.8 Å². The normalized spacial score (nSPS) is 12.7. The van der Waals surface area contributed by atoms with E-state index >= 15 is 0 Å². The van der Waals surface area contributed by atoms with Crippen molar-refractivity contribution in [2.75, 3.05) is 6.54 Å². The predicted molar refractivity (Wildman–Crippen MR) is 85.9 cm³/mol. The molecule has 0 saturated carbocycles. The largest absolute Gasteiger partial charge is 0.459 e. The molecule has 1 unspecified atom stereocenters. The molecule has 1 atom stereocenters. The van der Waals surface area contributed by atoms with Crippen LogP contribution in [0.2, 0.25) is 15.1 Å². The third kappa shape index (κ3) is 3.32. The second-order valence-electron chi connectivity index (χ2n) is 4.47. The van der Waals surface area contributed by atoms with Gasteiger partial charge in [0.25, 0.3) is 0 Å². The van der Waals surface area contributed by atoms with Crippen molar-refractivity contribution in [3.05, 3.63) is 45.1 Å². The molecule has 0 radical (unpaired) electrons. The van der Waals surface area contributed by atoms with Gasteiger partial charge in [-0.2, -0.15) is 0 Å². The summed E-state index contributed by atoms with van der Waals surface area (Å²) in [7, 11) is 0. The van der Waals surface area contributed by atoms with E-state index in [4.69, 9.17) is 39.2 Å². The molecule has 1 heterocycles. The lowest BCUT2D eigenvalue weighted by Crippen LogP contribution is -2.19. The summed E-state index contributed by atoms with van der Waals surface area (Å²) in [6.07, 6.45) is 0.954. The van der Waals surface area contributed by atoms with Gasteiger partial charge in [0.1, 0.15) is 11.5 Å². The molecule has 0 fully saturated rings. The maximum absolute atomic E-state index is 6.20. The third-order valence-electron chi connectivity index (χ3n) is 3.10. The molecule has 108 valence electrons. The van der Waals surface area contributed by atoms with Crippen molar-refractivity contribution in [1.82, 2.24) is 5.32 Å². The number of hydrogen-bond acceptors (Lipinski definition) is 2. The monoisotopic (exact) mass is 331 g/mol. The number of hydrogen-bond donors (Lipinski definition) is 1. The molecule has 5 heteroatoms. The van der Waals surface area contributed by atoms with E-state index in [0.717, 1.165) is 24.3 Å². The van der Waals surface area contributed by atoms with Crippen molar-refractivity contribution in [2.45, 2.75) is 26.3 Å². The van der Waals surface area contributed by atoms with Gasteiger partial charge in [-0.15, -0.1) is 0 Å². The van der Waals surface area contributed by atoms with Gasteiger partial charge in [0.2, 0.25) is 0 Å². The fourth-order valence-electron chi connectivity index (χ4n) is 2.09. The maximum Gasteiger partial charge on any atom is 0.135 e. The molecule has 0 bridgehead atoms. The lowest BCUT2D eigenvalue weighted by atomic mass is 10.1. The van der Waals surface area contributed by atoms with Gasteiger partial charge in [-0.1, -0.05) is 48.7 Å². The zero-order chi connectivity index (χ0) is 14.7. The summed E-state index contributed by atoms with van der Waals surface area (Å²) in [6, 6.07) is 7.43. The summed E-state index contributed by atoms with van der Waals surface area (Å²) in [6.45, 7) is 5.08. The van der Waals surface area contributed by atoms with Crippen LogP contribution in [0.1, 0.15) is 32.1 Å². The Morgan fingerprint density at radius 3 is 2.40 bits per heavy atom. The average Bonchev–Trinajstić information content (AvgIpc) is 2.89. The van der Waals surface area contributed by atoms with E-state index in [1.807, 2.05) is 12.1 Å². The Labute approximate surface area is 134 Å². The highest BCUT2D eigenvalue weighted by molar-refractivity contribution is 6.44. The molecule has 0 aliphatic heterocycles. The molecule has 2 rings (SSSR count). The van der Waals surface area contributed by atoms with Crippen LogP contribution in [0.4, 0.5) is 0 Å². The predicted octanol–water partition coefficient (Wildman–Crippen LogP) is 5.97. The van der Waals surface area contributed by atoms with Crippen molar-refractivity contribution < 1.29 is 4.42 Å². The molecular formula is C15H16Cl3NO. The van der Waals surface area contributed by atoms with Crippen LogP contribution in [0.5, 0.6) is 0 Å². The van der Waals surface area contributed by atoms with Crippen molar-refractivity contribution in [3.8, 4) is 11.3 Å². The van der Waals surface area contributed by atoms with Crippen molar-refractivity contribution in [1.29, 1.82) is 0 Å². The molecule has 1 aromatic heterocycles. The first-order chi connectivity index (χ1) is 9.56. The molecule has 20 heavy (non-hydrogen) atoms. The first kappa shape index (κ1) is 15.7. The van der Waals surface area contributed by atoms with Crippen LogP contribution in [0.15, 0.2) is 28.7 Å². The first-order valence-electron chi connectivity index (χ1n) is 6.54. The van der Waals surface area contributed by atoms with Gasteiger partial charge >= 0.3 is 0 Å². The van der Waals surface area contributed by atoms with Gasteiger partial charge in [-0.3, -0.25) is 0 Å². The fraction of sp³-hybridized carbons (Fsp3) is 0.333. The van der Waals surface area contributed by atoms with Crippen molar-refractivity contribution in [3.63, 3.8) is 0 Å². The van der Waals surface area contributed by atoms with Crippen LogP contribution in [0.25, 0.3) is 11.3 Å². The Kier molecular flexibility index (Phi) is 5.39. The number of rotatable bonds is 5. The zero-order valence-corrected chi connectivity index (χ0v) is 13.6. The molecule has 0 saturated heterocycles. The van der Waals surface area contributed by atoms with E-state index in [1.165, 1.54) is 0 Å². The number of halogens is 3. The summed E-state index contributed by atoms with van der Waals surface area (Å²) in [4.78, 5) is 0. The first-order valence-corrected chi connectivity index (χ1v) is 7.68. The quantitative estimate of drug-likeness (QED) is 0.683. The van der Waals surface area contributed by atoms with Gasteiger partial charge in [0.05, 0.1) is 21.1 Å². The number of nitrogens with one attached hydrogen (secondary N) is 1. The molecule has 2 aromatic rings. The zero-order valence-electron chi connectivity index (χ0n) is 11.3. The van der Waals surface area contributed by atoms with Gasteiger partial charge in [-0.25, -0.2) is 0 Å². The van der Waals surface area contributed by atoms with E-state index < -0.39 is 0 Å². The Bertz CT molecular complexity index is 595. The lowest BCUT2D eigenvalue weighted by molar-refractivity contribution is 0.417. The van der Waals surface area contributed by atoms with E-state index in [-0.39, 0.29) is 6.04 Å². The van der Waals surface area contributed by atoms with Gasteiger partial charge < -0.3 is 9.73 Å². The third-order valence-corrected chi connectivity index (χ3v) is 4.14. The molecule has 0 aliphatic rings. The highest BCUT2D eigenvalue weighted by Gasteiger charge is 2.16. The van der Waals surface area contributed by atoms with Gasteiger partial charge in [-0.05, 0) is 37.2 Å². The van der Waals surface area contributed by atoms with Gasteiger partial charge in [0, 0.05) is 5.56 Å². The SMILES string of the molecule is CCNC(CC)c1ccc(-c2cc(Cl)c(Cl)cc2Cl)o1. The van der Waals surface area contributed by atoms with Crippen LogP contribution < -0.4 is 5.32 Å². The Morgan fingerprint density at radius 2 is 1.75 bits per heavy atom. The summed E-state index contributed by atoms with van der Waals surface area (Å²) in [5, 5.41) is 4.80. The Morgan fingerprint density at radius 1 is 1.05 bits per heavy atom. The van der Waals surface area contributed by atoms with E-state index in [9.17, 15) is 0 Å². The van der Waals surface area contributed by atoms with Crippen molar-refractivity contribution in [2.24, 2.45) is 0 Å². The molecule has 1 aromatic carbocycles. The number of benzene rings is 1. The summed E-state index contributed by atoms with van der Waals surface area (Å²) >= 11 is 18.2. The minimum Gasteiger partial charge on any atom is -0.459 e. The van der Waals surface area contributed by atoms with E-state index in [1.54, 1.807) is 12.1 Å². The minimum atomic E-state index is 0.204. The molecule has 0 spiro atoms. The Hall–Kier alpha value is -0.670. The highest BCUT2D eigenvalue weighted by Crippen LogP contribution is 2.36. The van der Waals surface area contributed by atoms with Crippen LogP contribution >= 0.6 is 34.8 Å². The molecule has 2 nitrogen and oxygen atoms in total. The minimum absolute atomic E-state index is 0.204. The van der Waals surface area contributed by atoms with E-state index in [0.29, 0.717) is 20.8 Å². The second kappa shape index (κ2) is 6.86. The summed E-state index contributed by atoms with van der Waals surface area (Å²) < 4.78 is 5.90. The van der Waals surface area contributed by atoms with Crippen LogP contribution in [0.3, 0.4) is 0 Å². The fourth-order valence-corrected chi connectivity index (χ4v) is 2.73. The maximum atomic E-state index is 6.20. The highest BCUT2D eigenvalue weighted by atomic mass is 35.5. The van der Waals surface area contributed by atoms with Crippen LogP contribution in [0, 0.1) is 0 Å². The second-order valence-corrected chi connectivity index (χ2v) is 5.69. The molecule has 1 N–H and O–H groups in total. The molecule has 0 amide bonds. The summed E-state index contributed by atoms with van der Waals surface area (Å²) in [5.74, 6) is 1.59. The standard InChI is InChI=1S/C15H16Cl3NO/c1-3-13(19-4-2)15-6-5-14(20-15)9-7-11(17)12(18)8-10(9)16/h5-8,13,19H,3-4H2,1-2H3. The number of furan rings is 1. The van der Waals surface area contributed by atoms with Crippen LogP contribution in [-0.2, 0) is 0 Å². The van der Waals surface area contributed by atoms with Gasteiger partial charge in [0.15, 0.2) is 0 Å². The topological polar surface area (TPSA) is 25.2 Å². The lowest BCUT2D eigenvalue weighted by Gasteiger charge is -2.12. The molecule has 0 aliphatic carbocycles.